The second-order valence-corrected chi connectivity index (χ2v) is 11.4. The van der Waals surface area contributed by atoms with E-state index in [2.05, 4.69) is 26.8 Å². The van der Waals surface area contributed by atoms with Gasteiger partial charge >= 0.3 is 5.97 Å². The average molecular weight is 500 g/mol. The Morgan fingerprint density at radius 3 is 2.58 bits per heavy atom. The maximum atomic E-state index is 12.1. The summed E-state index contributed by atoms with van der Waals surface area (Å²) in [6.07, 6.45) is 10.6. The lowest BCUT2D eigenvalue weighted by atomic mass is 9.63. The van der Waals surface area contributed by atoms with Gasteiger partial charge < -0.3 is 14.7 Å². The number of phenols is 1. The number of phenolic OH excluding ortho intramolecular Hbond substituents is 1. The largest absolute Gasteiger partial charge is 0.508 e. The minimum atomic E-state index is -0.526. The number of benzene rings is 1. The first kappa shape index (κ1) is 26.5. The van der Waals surface area contributed by atoms with Crippen molar-refractivity contribution in [3.05, 3.63) is 23.3 Å². The van der Waals surface area contributed by atoms with E-state index < -0.39 is 17.8 Å². The van der Waals surface area contributed by atoms with Crippen molar-refractivity contribution in [1.29, 1.82) is 0 Å². The number of aromatic hydroxyl groups is 1. The minimum Gasteiger partial charge on any atom is -0.508 e. The number of fused-ring (bicyclic) bond motifs is 3. The van der Waals surface area contributed by atoms with Crippen LogP contribution in [0.15, 0.2) is 12.1 Å². The van der Waals surface area contributed by atoms with Gasteiger partial charge in [0, 0.05) is 30.7 Å². The van der Waals surface area contributed by atoms with Gasteiger partial charge in [-0.1, -0.05) is 32.6 Å². The topological polar surface area (TPSA) is 93.1 Å². The highest BCUT2D eigenvalue weighted by atomic mass is 16.7. The van der Waals surface area contributed by atoms with Gasteiger partial charge in [0.05, 0.1) is 0 Å². The van der Waals surface area contributed by atoms with Gasteiger partial charge in [0.15, 0.2) is 0 Å². The maximum Gasteiger partial charge on any atom is 0.333 e. The molecule has 198 valence electrons. The van der Waals surface area contributed by atoms with Crippen LogP contribution in [0.25, 0.3) is 0 Å². The number of carbonyl (C=O) groups excluding carboxylic acids is 3. The monoisotopic (exact) mass is 499 g/mol. The summed E-state index contributed by atoms with van der Waals surface area (Å²) in [5, 5.41) is 11.7. The Balaban J connectivity index is 1.33. The molecule has 4 rings (SSSR count). The molecule has 0 aromatic heterocycles. The van der Waals surface area contributed by atoms with E-state index in [9.17, 15) is 19.5 Å². The van der Waals surface area contributed by atoms with E-state index in [-0.39, 0.29) is 30.8 Å². The third-order valence-electron chi connectivity index (χ3n) is 8.29. The smallest absolute Gasteiger partial charge is 0.333 e. The molecular weight excluding hydrogens is 458 g/mol. The first-order chi connectivity index (χ1) is 17.2. The predicted octanol–water partition coefficient (Wildman–Crippen LogP) is 5.96. The van der Waals surface area contributed by atoms with E-state index in [1.807, 2.05) is 6.07 Å². The maximum absolute atomic E-state index is 12.1. The molecule has 2 fully saturated rings. The number of aryl methyl sites for hydroxylation is 1. The van der Waals surface area contributed by atoms with Crippen molar-refractivity contribution < 1.29 is 29.1 Å². The van der Waals surface area contributed by atoms with Gasteiger partial charge in [-0.25, -0.2) is 4.79 Å². The molecule has 36 heavy (non-hydrogen) atoms. The number of ether oxygens (including phenoxy) is 1. The van der Waals surface area contributed by atoms with E-state index >= 15 is 0 Å². The number of unbranched alkanes of at least 4 members (excludes halogenated alkanes) is 3. The standard InChI is InChI=1S/C29H41NO6/c1-4-5-6-10-20-17-23(31)28-21-16-19(12-13-22(21)29(2,3)35-24(28)18-20)9-7-8-11-27(34)36-30-25(32)14-15-26(30)33/h17-19,21-22,31H,4-16H2,1-3H3/t19?,21-,22-/m1/s1. The van der Waals surface area contributed by atoms with Crippen LogP contribution in [0, 0.1) is 11.8 Å². The minimum absolute atomic E-state index is 0.108. The molecule has 3 aliphatic rings. The number of nitrogens with zero attached hydrogens (tertiary/aromatic N) is 1. The molecule has 1 unspecified atom stereocenters. The van der Waals surface area contributed by atoms with Crippen molar-refractivity contribution >= 4 is 17.8 Å². The molecule has 7 heteroatoms. The molecule has 3 atom stereocenters. The fourth-order valence-electron chi connectivity index (χ4n) is 6.39. The van der Waals surface area contributed by atoms with Crippen LogP contribution < -0.4 is 4.74 Å². The Kier molecular flexibility index (Phi) is 8.26. The summed E-state index contributed by atoms with van der Waals surface area (Å²) < 4.78 is 6.48. The zero-order valence-electron chi connectivity index (χ0n) is 22.0. The van der Waals surface area contributed by atoms with Crippen molar-refractivity contribution in [3.8, 4) is 11.5 Å². The lowest BCUT2D eigenvalue weighted by molar-refractivity contribution is -0.197. The first-order valence-corrected chi connectivity index (χ1v) is 13.8. The number of imide groups is 1. The molecule has 1 aliphatic carbocycles. The zero-order chi connectivity index (χ0) is 25.9. The fraction of sp³-hybridized carbons (Fsp3) is 0.690. The van der Waals surface area contributed by atoms with Gasteiger partial charge in [-0.15, -0.1) is 5.06 Å². The molecule has 2 aliphatic heterocycles. The molecule has 1 N–H and O–H groups in total. The molecule has 7 nitrogen and oxygen atoms in total. The highest BCUT2D eigenvalue weighted by Gasteiger charge is 2.47. The predicted molar refractivity (Wildman–Crippen MR) is 135 cm³/mol. The summed E-state index contributed by atoms with van der Waals surface area (Å²) in [4.78, 5) is 40.3. The summed E-state index contributed by atoms with van der Waals surface area (Å²) in [6.45, 7) is 6.55. The van der Waals surface area contributed by atoms with Crippen molar-refractivity contribution in [2.45, 2.75) is 116 Å². The van der Waals surface area contributed by atoms with Gasteiger partial charge in [-0.3, -0.25) is 9.59 Å². The van der Waals surface area contributed by atoms with Gasteiger partial charge in [0.2, 0.25) is 0 Å². The molecule has 1 saturated carbocycles. The summed E-state index contributed by atoms with van der Waals surface area (Å²) in [5.41, 5.74) is 1.85. The summed E-state index contributed by atoms with van der Waals surface area (Å²) in [6, 6.07) is 4.09. The zero-order valence-corrected chi connectivity index (χ0v) is 22.0. The Labute approximate surface area is 214 Å². The summed E-state index contributed by atoms with van der Waals surface area (Å²) in [5.74, 6) is 0.965. The highest BCUT2D eigenvalue weighted by Crippen LogP contribution is 2.56. The molecule has 2 amide bonds. The number of amides is 2. The van der Waals surface area contributed by atoms with E-state index in [0.717, 1.165) is 61.8 Å². The lowest BCUT2D eigenvalue weighted by Gasteiger charge is -2.49. The van der Waals surface area contributed by atoms with Gasteiger partial charge in [0.25, 0.3) is 11.8 Å². The number of carbonyl (C=O) groups is 3. The van der Waals surface area contributed by atoms with Crippen molar-refractivity contribution in [1.82, 2.24) is 5.06 Å². The van der Waals surface area contributed by atoms with Gasteiger partial charge in [-0.2, -0.15) is 0 Å². The van der Waals surface area contributed by atoms with Crippen LogP contribution in [0.2, 0.25) is 0 Å². The number of hydrogen-bond acceptors (Lipinski definition) is 6. The third-order valence-corrected chi connectivity index (χ3v) is 8.29. The van der Waals surface area contributed by atoms with Crippen LogP contribution in [-0.2, 0) is 25.6 Å². The van der Waals surface area contributed by atoms with E-state index in [1.54, 1.807) is 0 Å². The Hall–Kier alpha value is -2.57. The van der Waals surface area contributed by atoms with Crippen LogP contribution >= 0.6 is 0 Å². The molecule has 2 heterocycles. The molecule has 0 spiro atoms. The van der Waals surface area contributed by atoms with Crippen molar-refractivity contribution in [2.75, 3.05) is 0 Å². The molecule has 0 radical (unpaired) electrons. The summed E-state index contributed by atoms with van der Waals surface area (Å²) in [7, 11) is 0. The quantitative estimate of drug-likeness (QED) is 0.315. The molecule has 1 aromatic rings. The van der Waals surface area contributed by atoms with E-state index in [1.165, 1.54) is 12.8 Å². The molecule has 0 bridgehead atoms. The van der Waals surface area contributed by atoms with Crippen LogP contribution in [0.1, 0.15) is 115 Å². The Bertz CT molecular complexity index is 970. The van der Waals surface area contributed by atoms with Crippen LogP contribution in [0.5, 0.6) is 11.5 Å². The van der Waals surface area contributed by atoms with E-state index in [4.69, 9.17) is 9.57 Å². The fourth-order valence-corrected chi connectivity index (χ4v) is 6.39. The SMILES string of the molecule is CCCCCc1cc(O)c2c(c1)OC(C)(C)[C@@H]1CCC(CCCCC(=O)ON3C(=O)CCC3=O)C[C@@H]21. The highest BCUT2D eigenvalue weighted by molar-refractivity contribution is 6.01. The van der Waals surface area contributed by atoms with Gasteiger partial charge in [-0.05, 0) is 81.9 Å². The molecule has 1 aromatic carbocycles. The van der Waals surface area contributed by atoms with Gasteiger partial charge in [0.1, 0.15) is 17.1 Å². The average Bonchev–Trinajstić information content (AvgIpc) is 3.13. The molecular formula is C29H41NO6. The lowest BCUT2D eigenvalue weighted by Crippen LogP contribution is -2.46. The number of rotatable bonds is 10. The van der Waals surface area contributed by atoms with Crippen LogP contribution in [0.4, 0.5) is 0 Å². The second-order valence-electron chi connectivity index (χ2n) is 11.4. The Morgan fingerprint density at radius 1 is 1.11 bits per heavy atom. The number of hydrogen-bond donors (Lipinski definition) is 1. The third kappa shape index (κ3) is 5.87. The summed E-state index contributed by atoms with van der Waals surface area (Å²) >= 11 is 0. The Morgan fingerprint density at radius 2 is 1.86 bits per heavy atom. The second kappa shape index (κ2) is 11.2. The van der Waals surface area contributed by atoms with Crippen molar-refractivity contribution in [2.24, 2.45) is 11.8 Å². The molecule has 1 saturated heterocycles. The van der Waals surface area contributed by atoms with E-state index in [0.29, 0.717) is 29.1 Å². The van der Waals surface area contributed by atoms with Crippen molar-refractivity contribution in [3.63, 3.8) is 0 Å². The van der Waals surface area contributed by atoms with Crippen LogP contribution in [-0.4, -0.2) is 33.6 Å². The normalized spacial score (nSPS) is 24.8. The number of hydroxylamine groups is 2. The van der Waals surface area contributed by atoms with Crippen LogP contribution in [0.3, 0.4) is 0 Å². The first-order valence-electron chi connectivity index (χ1n) is 13.8.